The van der Waals surface area contributed by atoms with Crippen molar-refractivity contribution < 1.29 is 24.9 Å². The van der Waals surface area contributed by atoms with Crippen LogP contribution in [0.1, 0.15) is 96.3 Å². The third-order valence-corrected chi connectivity index (χ3v) is 9.62. The van der Waals surface area contributed by atoms with Gasteiger partial charge in [-0.1, -0.05) is 93.2 Å². The number of Topliss-reactive ketones (excluding diaryl/α,β-unsaturated/α-hetero) is 1. The normalized spacial score (nSPS) is 13.8. The second-order valence-corrected chi connectivity index (χ2v) is 13.9. The number of amides is 1. The van der Waals surface area contributed by atoms with Crippen molar-refractivity contribution in [3.05, 3.63) is 81.6 Å². The Morgan fingerprint density at radius 1 is 0.885 bits per heavy atom. The third-order valence-electron chi connectivity index (χ3n) is 9.34. The van der Waals surface area contributed by atoms with Crippen molar-refractivity contribution in [1.82, 2.24) is 25.5 Å². The number of hydrogen-bond donors (Lipinski definition) is 7. The van der Waals surface area contributed by atoms with Crippen LogP contribution in [0.5, 0.6) is 0 Å². The molecule has 0 aliphatic carbocycles. The van der Waals surface area contributed by atoms with Gasteiger partial charge in [-0.05, 0) is 68.3 Å². The van der Waals surface area contributed by atoms with E-state index in [1.54, 1.807) is 6.92 Å². The lowest BCUT2D eigenvalue weighted by Gasteiger charge is -2.29. The molecule has 3 rings (SSSR count). The molecule has 1 amide bonds. The van der Waals surface area contributed by atoms with Gasteiger partial charge in [-0.25, -0.2) is 9.97 Å². The van der Waals surface area contributed by atoms with E-state index in [4.69, 9.17) is 23.1 Å². The standard InChI is InChI=1S/C39H58ClN7O5/c1-4-6-7-10-19-47(25-33(50)35(51)31(48)5-2)20-11-14-32(49)29-17-15-27(16-18-29)22-43-23-28(21-30-13-9-8-12-26(30)3)24-44-39(52)34-37(41)46-38(42)36(40)45-34/h8-9,12-13,15-18,28,31,33,35,43,48,50-51H,4-7,10-11,14,19-25H2,1-3H3,(H,44,52)(H4,41,42,46)/t28-,31-,33+,35+/m1/s1. The number of aromatic nitrogens is 2. The van der Waals surface area contributed by atoms with Crippen molar-refractivity contribution in [3.63, 3.8) is 0 Å². The van der Waals surface area contributed by atoms with Crippen LogP contribution in [0.3, 0.4) is 0 Å². The Hall–Kier alpha value is -3.65. The summed E-state index contributed by atoms with van der Waals surface area (Å²) in [5.41, 5.74) is 15.5. The fraction of sp³-hybridized carbons (Fsp3) is 0.538. The highest BCUT2D eigenvalue weighted by atomic mass is 35.5. The summed E-state index contributed by atoms with van der Waals surface area (Å²) in [4.78, 5) is 36.0. The first kappa shape index (κ1) is 42.8. The van der Waals surface area contributed by atoms with Gasteiger partial charge in [-0.3, -0.25) is 9.59 Å². The number of nitrogen functional groups attached to an aromatic ring is 2. The lowest BCUT2D eigenvalue weighted by Crippen LogP contribution is -2.45. The molecule has 1 aromatic heterocycles. The van der Waals surface area contributed by atoms with Crippen LogP contribution >= 0.6 is 11.6 Å². The maximum atomic E-state index is 13.1. The van der Waals surface area contributed by atoms with Crippen LogP contribution in [-0.2, 0) is 13.0 Å². The number of benzene rings is 2. The second kappa shape index (κ2) is 22.4. The Labute approximate surface area is 313 Å². The molecule has 1 heterocycles. The molecule has 4 atom stereocenters. The molecule has 0 saturated carbocycles. The molecule has 12 nitrogen and oxygen atoms in total. The number of carbonyl (C=O) groups excluding carboxylic acids is 2. The lowest BCUT2D eigenvalue weighted by molar-refractivity contribution is -0.0698. The van der Waals surface area contributed by atoms with Crippen LogP contribution in [0.4, 0.5) is 11.6 Å². The number of aliphatic hydroxyl groups is 3. The number of hydrogen-bond acceptors (Lipinski definition) is 11. The van der Waals surface area contributed by atoms with Gasteiger partial charge in [0.15, 0.2) is 28.3 Å². The van der Waals surface area contributed by atoms with Crippen molar-refractivity contribution in [2.75, 3.05) is 44.2 Å². The highest BCUT2D eigenvalue weighted by Gasteiger charge is 2.25. The minimum absolute atomic E-state index is 0.0374. The Kier molecular flexibility index (Phi) is 18.4. The summed E-state index contributed by atoms with van der Waals surface area (Å²) in [7, 11) is 0. The van der Waals surface area contributed by atoms with E-state index >= 15 is 0 Å². The number of nitrogens with two attached hydrogens (primary N) is 2. The first-order valence-electron chi connectivity index (χ1n) is 18.4. The number of halogens is 1. The highest BCUT2D eigenvalue weighted by Crippen LogP contribution is 2.18. The Morgan fingerprint density at radius 2 is 1.60 bits per heavy atom. The Bertz CT molecular complexity index is 1540. The lowest BCUT2D eigenvalue weighted by atomic mass is 9.95. The molecule has 0 aliphatic heterocycles. The van der Waals surface area contributed by atoms with Crippen molar-refractivity contribution in [2.24, 2.45) is 5.92 Å². The predicted octanol–water partition coefficient (Wildman–Crippen LogP) is 4.32. The monoisotopic (exact) mass is 739 g/mol. The SMILES string of the molecule is CCCCCCN(CCCC(=O)c1ccc(CNC[C@H](CNC(=O)c2nc(Cl)c(N)nc2N)Cc2ccccc2C)cc1)C[C@H](O)[C@@H](O)[C@H](O)CC. The zero-order valence-corrected chi connectivity index (χ0v) is 31.6. The molecule has 0 unspecified atom stereocenters. The van der Waals surface area contributed by atoms with E-state index < -0.39 is 24.2 Å². The number of ketones is 1. The highest BCUT2D eigenvalue weighted by molar-refractivity contribution is 6.31. The Balaban J connectivity index is 1.53. The number of carbonyl (C=O) groups is 2. The number of nitrogens with zero attached hydrogens (tertiary/aromatic N) is 3. The molecule has 13 heteroatoms. The number of unbranched alkanes of at least 4 members (excludes halogenated alkanes) is 3. The molecule has 9 N–H and O–H groups in total. The first-order chi connectivity index (χ1) is 24.9. The predicted molar refractivity (Wildman–Crippen MR) is 207 cm³/mol. The van der Waals surface area contributed by atoms with E-state index in [0.717, 1.165) is 44.2 Å². The molecular weight excluding hydrogens is 682 g/mol. The minimum atomic E-state index is -1.20. The average Bonchev–Trinajstić information content (AvgIpc) is 3.13. The molecule has 286 valence electrons. The topological polar surface area (TPSA) is 200 Å². The zero-order chi connectivity index (χ0) is 38.0. The maximum absolute atomic E-state index is 13.1. The second-order valence-electron chi connectivity index (χ2n) is 13.6. The van der Waals surface area contributed by atoms with Crippen LogP contribution in [0.15, 0.2) is 48.5 Å². The van der Waals surface area contributed by atoms with Crippen LogP contribution < -0.4 is 22.1 Å². The van der Waals surface area contributed by atoms with Crippen molar-refractivity contribution >= 4 is 34.9 Å². The van der Waals surface area contributed by atoms with E-state index in [-0.39, 0.29) is 40.7 Å². The van der Waals surface area contributed by atoms with E-state index in [9.17, 15) is 24.9 Å². The first-order valence-corrected chi connectivity index (χ1v) is 18.8. The number of anilines is 2. The number of nitrogens with one attached hydrogen (secondary N) is 2. The van der Waals surface area contributed by atoms with Crippen molar-refractivity contribution in [3.8, 4) is 0 Å². The summed E-state index contributed by atoms with van der Waals surface area (Å²) in [6, 6.07) is 15.7. The number of rotatable bonds is 24. The van der Waals surface area contributed by atoms with Gasteiger partial charge >= 0.3 is 0 Å². The van der Waals surface area contributed by atoms with Gasteiger partial charge < -0.3 is 42.3 Å². The van der Waals surface area contributed by atoms with Gasteiger partial charge in [0.25, 0.3) is 5.91 Å². The summed E-state index contributed by atoms with van der Waals surface area (Å²) in [6.45, 7) is 9.15. The minimum Gasteiger partial charge on any atom is -0.390 e. The number of aryl methyl sites for hydroxylation is 1. The van der Waals surface area contributed by atoms with Gasteiger partial charge in [-0.15, -0.1) is 0 Å². The van der Waals surface area contributed by atoms with E-state index in [1.165, 1.54) is 11.1 Å². The van der Waals surface area contributed by atoms with Crippen LogP contribution in [0, 0.1) is 12.8 Å². The van der Waals surface area contributed by atoms with Crippen LogP contribution in [0.2, 0.25) is 5.15 Å². The molecule has 2 aromatic carbocycles. The van der Waals surface area contributed by atoms with Gasteiger partial charge in [-0.2, -0.15) is 0 Å². The average molecular weight is 740 g/mol. The van der Waals surface area contributed by atoms with Crippen molar-refractivity contribution in [1.29, 1.82) is 0 Å². The third kappa shape index (κ3) is 14.1. The molecule has 0 aliphatic rings. The smallest absolute Gasteiger partial charge is 0.273 e. The molecule has 0 spiro atoms. The van der Waals surface area contributed by atoms with Crippen molar-refractivity contribution in [2.45, 2.75) is 97.0 Å². The summed E-state index contributed by atoms with van der Waals surface area (Å²) >= 11 is 5.98. The van der Waals surface area contributed by atoms with E-state index in [2.05, 4.69) is 51.5 Å². The van der Waals surface area contributed by atoms with Gasteiger partial charge in [0.05, 0.1) is 12.2 Å². The summed E-state index contributed by atoms with van der Waals surface area (Å²) in [6.07, 6.45) is 3.17. The molecule has 0 saturated heterocycles. The Morgan fingerprint density at radius 3 is 2.29 bits per heavy atom. The number of aliphatic hydroxyl groups excluding tert-OH is 3. The molecule has 0 bridgehead atoms. The largest absolute Gasteiger partial charge is 0.390 e. The van der Waals surface area contributed by atoms with Gasteiger partial charge in [0.2, 0.25) is 0 Å². The van der Waals surface area contributed by atoms with Crippen LogP contribution in [-0.4, -0.2) is 92.9 Å². The van der Waals surface area contributed by atoms with Crippen LogP contribution in [0.25, 0.3) is 0 Å². The summed E-state index contributed by atoms with van der Waals surface area (Å²) in [5, 5.41) is 37.1. The summed E-state index contributed by atoms with van der Waals surface area (Å²) < 4.78 is 0. The molecule has 0 radical (unpaired) electrons. The van der Waals surface area contributed by atoms with Gasteiger partial charge in [0.1, 0.15) is 6.10 Å². The fourth-order valence-electron chi connectivity index (χ4n) is 6.06. The molecular formula is C39H58ClN7O5. The molecule has 52 heavy (non-hydrogen) atoms. The van der Waals surface area contributed by atoms with E-state index in [1.807, 2.05) is 36.4 Å². The fourth-order valence-corrected chi connectivity index (χ4v) is 6.19. The molecule has 3 aromatic rings. The quantitative estimate of drug-likeness (QED) is 0.0510. The van der Waals surface area contributed by atoms with E-state index in [0.29, 0.717) is 51.0 Å². The maximum Gasteiger partial charge on any atom is 0.273 e. The summed E-state index contributed by atoms with van der Waals surface area (Å²) in [5.74, 6) is -0.519. The zero-order valence-electron chi connectivity index (χ0n) is 30.9. The molecule has 0 fully saturated rings. The van der Waals surface area contributed by atoms with Gasteiger partial charge in [0, 0.05) is 38.2 Å².